The summed E-state index contributed by atoms with van der Waals surface area (Å²) in [5.74, 6) is 0.401. The molecule has 3 nitrogen and oxygen atoms in total. The second-order valence-electron chi connectivity index (χ2n) is 4.17. The van der Waals surface area contributed by atoms with Crippen LogP contribution >= 0.6 is 23.2 Å². The molecule has 0 aliphatic heterocycles. The Morgan fingerprint density at radius 3 is 2.52 bits per heavy atom. The van der Waals surface area contributed by atoms with Crippen LogP contribution in [0.4, 0.5) is 13.2 Å². The zero-order valence-corrected chi connectivity index (χ0v) is 12.9. The minimum absolute atomic E-state index is 0.0312. The SMILES string of the molecule is CCNCc1cc(Cl)cc(Cl)c1OCCOCC(F)(F)F. The highest BCUT2D eigenvalue weighted by molar-refractivity contribution is 6.35. The van der Waals surface area contributed by atoms with Crippen LogP contribution in [0, 0.1) is 0 Å². The van der Waals surface area contributed by atoms with Gasteiger partial charge in [-0.1, -0.05) is 30.1 Å². The van der Waals surface area contributed by atoms with E-state index in [0.717, 1.165) is 12.1 Å². The van der Waals surface area contributed by atoms with Crippen molar-refractivity contribution in [2.45, 2.75) is 19.6 Å². The summed E-state index contributed by atoms with van der Waals surface area (Å²) in [6.45, 7) is 1.68. The largest absolute Gasteiger partial charge is 0.489 e. The fraction of sp³-hybridized carbons (Fsp3) is 0.538. The van der Waals surface area contributed by atoms with E-state index >= 15 is 0 Å². The Labute approximate surface area is 131 Å². The number of nitrogens with one attached hydrogen (secondary N) is 1. The van der Waals surface area contributed by atoms with Crippen molar-refractivity contribution >= 4 is 23.2 Å². The summed E-state index contributed by atoms with van der Waals surface area (Å²) in [6, 6.07) is 3.21. The van der Waals surface area contributed by atoms with Gasteiger partial charge in [-0.25, -0.2) is 0 Å². The lowest BCUT2D eigenvalue weighted by molar-refractivity contribution is -0.175. The van der Waals surface area contributed by atoms with Crippen LogP contribution in [0.1, 0.15) is 12.5 Å². The standard InChI is InChI=1S/C13H16Cl2F3NO2/c1-2-19-7-9-5-10(14)6-11(15)12(9)21-4-3-20-8-13(16,17)18/h5-6,19H,2-4,7-8H2,1H3. The summed E-state index contributed by atoms with van der Waals surface area (Å²) < 4.78 is 45.6. The minimum atomic E-state index is -4.34. The van der Waals surface area contributed by atoms with E-state index in [1.807, 2.05) is 6.92 Å². The first-order chi connectivity index (χ1) is 9.83. The number of hydrogen-bond acceptors (Lipinski definition) is 3. The average molecular weight is 346 g/mol. The van der Waals surface area contributed by atoms with Gasteiger partial charge in [0.15, 0.2) is 0 Å². The van der Waals surface area contributed by atoms with Crippen LogP contribution in [0.3, 0.4) is 0 Å². The van der Waals surface area contributed by atoms with Crippen LogP contribution in [0.2, 0.25) is 10.0 Å². The van der Waals surface area contributed by atoms with Crippen molar-refractivity contribution in [2.24, 2.45) is 0 Å². The van der Waals surface area contributed by atoms with E-state index in [4.69, 9.17) is 27.9 Å². The zero-order chi connectivity index (χ0) is 15.9. The number of alkyl halides is 3. The molecule has 21 heavy (non-hydrogen) atoms. The van der Waals surface area contributed by atoms with Gasteiger partial charge in [-0.15, -0.1) is 0 Å². The van der Waals surface area contributed by atoms with Crippen molar-refractivity contribution in [1.29, 1.82) is 0 Å². The molecule has 0 saturated heterocycles. The first-order valence-electron chi connectivity index (χ1n) is 6.29. The fourth-order valence-corrected chi connectivity index (χ4v) is 2.15. The van der Waals surface area contributed by atoms with Gasteiger partial charge in [-0.05, 0) is 18.7 Å². The number of halogens is 5. The fourth-order valence-electron chi connectivity index (χ4n) is 1.56. The molecule has 0 bridgehead atoms. The van der Waals surface area contributed by atoms with Gasteiger partial charge in [0.2, 0.25) is 0 Å². The summed E-state index contributed by atoms with van der Waals surface area (Å²) in [4.78, 5) is 0. The number of rotatable bonds is 8. The molecule has 0 amide bonds. The molecule has 0 unspecified atom stereocenters. The lowest BCUT2D eigenvalue weighted by Gasteiger charge is -2.14. The summed E-state index contributed by atoms with van der Waals surface area (Å²) in [5.41, 5.74) is 0.741. The van der Waals surface area contributed by atoms with Crippen LogP contribution in [-0.4, -0.2) is 32.5 Å². The van der Waals surface area contributed by atoms with E-state index in [-0.39, 0.29) is 13.2 Å². The first-order valence-corrected chi connectivity index (χ1v) is 7.05. The molecule has 1 N–H and O–H groups in total. The number of ether oxygens (including phenoxy) is 2. The van der Waals surface area contributed by atoms with Crippen LogP contribution in [0.25, 0.3) is 0 Å². The summed E-state index contributed by atoms with van der Waals surface area (Å²) in [5, 5.41) is 3.88. The molecular weight excluding hydrogens is 330 g/mol. The average Bonchev–Trinajstić information content (AvgIpc) is 2.36. The third kappa shape index (κ3) is 7.22. The molecular formula is C13H16Cl2F3NO2. The highest BCUT2D eigenvalue weighted by Crippen LogP contribution is 2.32. The van der Waals surface area contributed by atoms with Gasteiger partial charge >= 0.3 is 6.18 Å². The molecule has 0 aliphatic carbocycles. The molecule has 0 heterocycles. The molecule has 0 fully saturated rings. The molecule has 0 saturated carbocycles. The second-order valence-corrected chi connectivity index (χ2v) is 5.02. The van der Waals surface area contributed by atoms with Crippen LogP contribution in [0.5, 0.6) is 5.75 Å². The van der Waals surface area contributed by atoms with Gasteiger partial charge in [0.1, 0.15) is 19.0 Å². The second kappa shape index (κ2) is 8.68. The highest BCUT2D eigenvalue weighted by atomic mass is 35.5. The minimum Gasteiger partial charge on any atom is -0.489 e. The molecule has 1 aromatic rings. The molecule has 0 spiro atoms. The Morgan fingerprint density at radius 1 is 1.19 bits per heavy atom. The van der Waals surface area contributed by atoms with E-state index in [0.29, 0.717) is 22.3 Å². The third-order valence-corrected chi connectivity index (χ3v) is 2.89. The smallest absolute Gasteiger partial charge is 0.411 e. The molecule has 0 radical (unpaired) electrons. The van der Waals surface area contributed by atoms with Crippen molar-refractivity contribution in [2.75, 3.05) is 26.4 Å². The third-order valence-electron chi connectivity index (χ3n) is 2.39. The maximum absolute atomic E-state index is 11.9. The lowest BCUT2D eigenvalue weighted by Crippen LogP contribution is -2.20. The van der Waals surface area contributed by atoms with Gasteiger partial charge in [-0.3, -0.25) is 0 Å². The predicted octanol–water partition coefficient (Wildman–Crippen LogP) is 4.06. The quantitative estimate of drug-likeness (QED) is 0.720. The Morgan fingerprint density at radius 2 is 1.90 bits per heavy atom. The molecule has 120 valence electrons. The Hall–Kier alpha value is -0.690. The summed E-state index contributed by atoms with van der Waals surface area (Å²) in [6.07, 6.45) is -4.34. The van der Waals surface area contributed by atoms with E-state index < -0.39 is 12.8 Å². The highest BCUT2D eigenvalue weighted by Gasteiger charge is 2.27. The van der Waals surface area contributed by atoms with Crippen molar-refractivity contribution in [3.05, 3.63) is 27.7 Å². The van der Waals surface area contributed by atoms with Crippen LogP contribution < -0.4 is 10.1 Å². The van der Waals surface area contributed by atoms with Crippen molar-refractivity contribution in [1.82, 2.24) is 5.32 Å². The maximum Gasteiger partial charge on any atom is 0.411 e. The predicted molar refractivity (Wildman–Crippen MR) is 76.2 cm³/mol. The maximum atomic E-state index is 11.9. The lowest BCUT2D eigenvalue weighted by atomic mass is 10.2. The van der Waals surface area contributed by atoms with Gasteiger partial charge in [0, 0.05) is 17.1 Å². The van der Waals surface area contributed by atoms with Crippen molar-refractivity contribution in [3.63, 3.8) is 0 Å². The number of benzene rings is 1. The topological polar surface area (TPSA) is 30.5 Å². The molecule has 1 aromatic carbocycles. The summed E-state index contributed by atoms with van der Waals surface area (Å²) >= 11 is 12.0. The van der Waals surface area contributed by atoms with E-state index in [1.165, 1.54) is 6.07 Å². The monoisotopic (exact) mass is 345 g/mol. The van der Waals surface area contributed by atoms with Crippen molar-refractivity contribution < 1.29 is 22.6 Å². The van der Waals surface area contributed by atoms with Crippen LogP contribution in [0.15, 0.2) is 12.1 Å². The normalized spacial score (nSPS) is 11.7. The number of hydrogen-bond donors (Lipinski definition) is 1. The Kier molecular flexibility index (Phi) is 7.59. The first kappa shape index (κ1) is 18.4. The van der Waals surface area contributed by atoms with Gasteiger partial charge in [0.05, 0.1) is 11.6 Å². The van der Waals surface area contributed by atoms with Gasteiger partial charge < -0.3 is 14.8 Å². The molecule has 1 rings (SSSR count). The Bertz CT molecular complexity index is 456. The van der Waals surface area contributed by atoms with Gasteiger partial charge in [0.25, 0.3) is 0 Å². The van der Waals surface area contributed by atoms with E-state index in [9.17, 15) is 13.2 Å². The van der Waals surface area contributed by atoms with E-state index in [1.54, 1.807) is 6.07 Å². The Balaban J connectivity index is 2.56. The van der Waals surface area contributed by atoms with Gasteiger partial charge in [-0.2, -0.15) is 13.2 Å². The zero-order valence-electron chi connectivity index (χ0n) is 11.4. The van der Waals surface area contributed by atoms with Crippen LogP contribution in [-0.2, 0) is 11.3 Å². The summed E-state index contributed by atoms with van der Waals surface area (Å²) in [7, 11) is 0. The molecule has 8 heteroatoms. The molecule has 0 aliphatic rings. The van der Waals surface area contributed by atoms with Crippen molar-refractivity contribution in [3.8, 4) is 5.75 Å². The van der Waals surface area contributed by atoms with E-state index in [2.05, 4.69) is 10.1 Å². The molecule has 0 atom stereocenters. The molecule has 0 aromatic heterocycles.